The Bertz CT molecular complexity index is 768. The third-order valence-corrected chi connectivity index (χ3v) is 3.11. The van der Waals surface area contributed by atoms with Gasteiger partial charge in [0.2, 0.25) is 0 Å². The fourth-order valence-corrected chi connectivity index (χ4v) is 2.22. The molecular weight excluding hydrogens is 241 g/mol. The summed E-state index contributed by atoms with van der Waals surface area (Å²) in [5, 5.41) is 1.37. The van der Waals surface area contributed by atoms with Gasteiger partial charge in [-0.05, 0) is 29.1 Å². The molecule has 1 heterocycles. The van der Waals surface area contributed by atoms with Crippen molar-refractivity contribution in [1.82, 2.24) is 4.98 Å². The lowest BCUT2D eigenvalue weighted by atomic mass is 9.98. The molecule has 0 amide bonds. The second-order valence-corrected chi connectivity index (χ2v) is 4.31. The zero-order chi connectivity index (χ0) is 13.4. The molecule has 4 heteroatoms. The maximum absolute atomic E-state index is 13.8. The quantitative estimate of drug-likeness (QED) is 0.700. The molecule has 0 unspecified atom stereocenters. The number of nitrogens with zero attached hydrogens (tertiary/aromatic N) is 1. The monoisotopic (exact) mass is 253 g/mol. The zero-order valence-electron chi connectivity index (χ0n) is 10.1. The second kappa shape index (κ2) is 4.24. The molecule has 0 radical (unpaired) electrons. The summed E-state index contributed by atoms with van der Waals surface area (Å²) in [6.07, 6.45) is 0. The first-order chi connectivity index (χ1) is 9.16. The second-order valence-electron chi connectivity index (χ2n) is 4.31. The molecular formula is C15H12FN3. The third kappa shape index (κ3) is 1.87. The summed E-state index contributed by atoms with van der Waals surface area (Å²) in [6.45, 7) is 0. The van der Waals surface area contributed by atoms with Gasteiger partial charge in [-0.25, -0.2) is 9.37 Å². The molecule has 3 rings (SSSR count). The normalized spacial score (nSPS) is 10.8. The number of aromatic nitrogens is 1. The van der Waals surface area contributed by atoms with Crippen molar-refractivity contribution in [3.63, 3.8) is 0 Å². The average Bonchev–Trinajstić information content (AvgIpc) is 2.41. The fraction of sp³-hybridized carbons (Fsp3) is 0. The first-order valence-electron chi connectivity index (χ1n) is 5.86. The minimum Gasteiger partial charge on any atom is -0.384 e. The lowest BCUT2D eigenvalue weighted by molar-refractivity contribution is 0.640. The van der Waals surface area contributed by atoms with Gasteiger partial charge in [0.05, 0.1) is 0 Å². The highest BCUT2D eigenvalue weighted by molar-refractivity contribution is 5.99. The molecule has 0 aliphatic rings. The summed E-state index contributed by atoms with van der Waals surface area (Å²) in [6, 6.07) is 13.9. The number of hydrogen-bond donors (Lipinski definition) is 2. The number of fused-ring (bicyclic) bond motifs is 1. The molecule has 3 nitrogen and oxygen atoms in total. The zero-order valence-corrected chi connectivity index (χ0v) is 10.1. The molecule has 0 spiro atoms. The van der Waals surface area contributed by atoms with E-state index >= 15 is 0 Å². The molecule has 0 atom stereocenters. The molecule has 2 aromatic carbocycles. The van der Waals surface area contributed by atoms with E-state index in [0.717, 1.165) is 16.5 Å². The van der Waals surface area contributed by atoms with Gasteiger partial charge in [0, 0.05) is 10.9 Å². The van der Waals surface area contributed by atoms with E-state index in [0.29, 0.717) is 17.0 Å². The Kier molecular flexibility index (Phi) is 2.56. The first-order valence-corrected chi connectivity index (χ1v) is 5.86. The van der Waals surface area contributed by atoms with Gasteiger partial charge in [-0.2, -0.15) is 0 Å². The van der Waals surface area contributed by atoms with Crippen LogP contribution in [0.5, 0.6) is 0 Å². The van der Waals surface area contributed by atoms with Crippen molar-refractivity contribution in [3.05, 3.63) is 54.3 Å². The van der Waals surface area contributed by atoms with Gasteiger partial charge in [0.25, 0.3) is 0 Å². The Morgan fingerprint density at radius 1 is 0.789 bits per heavy atom. The maximum Gasteiger partial charge on any atom is 0.133 e. The molecule has 0 aliphatic carbocycles. The van der Waals surface area contributed by atoms with Crippen LogP contribution in [0.2, 0.25) is 0 Å². The van der Waals surface area contributed by atoms with Gasteiger partial charge >= 0.3 is 0 Å². The Hall–Kier alpha value is -2.62. The summed E-state index contributed by atoms with van der Waals surface area (Å²) in [5.74, 6) is 0.464. The third-order valence-electron chi connectivity index (χ3n) is 3.11. The number of halogens is 1. The molecule has 0 saturated heterocycles. The molecule has 0 fully saturated rings. The van der Waals surface area contributed by atoms with Crippen molar-refractivity contribution in [3.8, 4) is 11.1 Å². The number of anilines is 2. The van der Waals surface area contributed by atoms with Crippen LogP contribution in [0.1, 0.15) is 0 Å². The van der Waals surface area contributed by atoms with E-state index < -0.39 is 0 Å². The van der Waals surface area contributed by atoms with Crippen molar-refractivity contribution in [2.45, 2.75) is 0 Å². The van der Waals surface area contributed by atoms with Crippen molar-refractivity contribution in [2.24, 2.45) is 0 Å². The van der Waals surface area contributed by atoms with Gasteiger partial charge in [-0.3, -0.25) is 0 Å². The number of pyridine rings is 1. The molecule has 94 valence electrons. The maximum atomic E-state index is 13.8. The Morgan fingerprint density at radius 2 is 1.47 bits per heavy atom. The molecule has 19 heavy (non-hydrogen) atoms. The van der Waals surface area contributed by atoms with E-state index in [2.05, 4.69) is 4.98 Å². The first kappa shape index (κ1) is 11.5. The SMILES string of the molecule is Nc1ccc(-c2ccc(F)c3ccccc23)c(N)n1. The van der Waals surface area contributed by atoms with E-state index in [4.69, 9.17) is 11.5 Å². The van der Waals surface area contributed by atoms with Crippen molar-refractivity contribution >= 4 is 22.4 Å². The summed E-state index contributed by atoms with van der Waals surface area (Å²) in [5.41, 5.74) is 13.1. The molecule has 1 aromatic heterocycles. The number of rotatable bonds is 1. The van der Waals surface area contributed by atoms with Gasteiger partial charge < -0.3 is 11.5 Å². The summed E-state index contributed by atoms with van der Waals surface area (Å²) in [7, 11) is 0. The predicted molar refractivity (Wildman–Crippen MR) is 76.0 cm³/mol. The fourth-order valence-electron chi connectivity index (χ4n) is 2.22. The summed E-state index contributed by atoms with van der Waals surface area (Å²) >= 11 is 0. The van der Waals surface area contributed by atoms with Crippen LogP contribution in [0.4, 0.5) is 16.0 Å². The molecule has 3 aromatic rings. The molecule has 4 N–H and O–H groups in total. The Balaban J connectivity index is 2.34. The topological polar surface area (TPSA) is 64.9 Å². The highest BCUT2D eigenvalue weighted by Gasteiger charge is 2.10. The van der Waals surface area contributed by atoms with Crippen LogP contribution in [0.3, 0.4) is 0 Å². The van der Waals surface area contributed by atoms with E-state index in [1.807, 2.05) is 12.1 Å². The van der Waals surface area contributed by atoms with Crippen LogP contribution >= 0.6 is 0 Å². The van der Waals surface area contributed by atoms with Gasteiger partial charge in [0.1, 0.15) is 17.5 Å². The number of nitrogen functional groups attached to an aromatic ring is 2. The van der Waals surface area contributed by atoms with Gasteiger partial charge in [-0.1, -0.05) is 30.3 Å². The number of benzene rings is 2. The largest absolute Gasteiger partial charge is 0.384 e. The van der Waals surface area contributed by atoms with Crippen LogP contribution < -0.4 is 11.5 Å². The molecule has 0 saturated carbocycles. The van der Waals surface area contributed by atoms with Crippen molar-refractivity contribution in [1.29, 1.82) is 0 Å². The summed E-state index contributed by atoms with van der Waals surface area (Å²) in [4.78, 5) is 4.04. The van der Waals surface area contributed by atoms with Crippen molar-refractivity contribution < 1.29 is 4.39 Å². The van der Waals surface area contributed by atoms with E-state index in [9.17, 15) is 4.39 Å². The molecule has 0 aliphatic heterocycles. The predicted octanol–water partition coefficient (Wildman–Crippen LogP) is 3.21. The van der Waals surface area contributed by atoms with Gasteiger partial charge in [0.15, 0.2) is 0 Å². The highest BCUT2D eigenvalue weighted by atomic mass is 19.1. The molecule has 0 bridgehead atoms. The van der Waals surface area contributed by atoms with Gasteiger partial charge in [-0.15, -0.1) is 0 Å². The number of nitrogens with two attached hydrogens (primary N) is 2. The van der Waals surface area contributed by atoms with E-state index in [1.165, 1.54) is 6.07 Å². The van der Waals surface area contributed by atoms with Crippen LogP contribution in [0, 0.1) is 5.82 Å². The van der Waals surface area contributed by atoms with Crippen molar-refractivity contribution in [2.75, 3.05) is 11.5 Å². The summed E-state index contributed by atoms with van der Waals surface area (Å²) < 4.78 is 13.8. The number of hydrogen-bond acceptors (Lipinski definition) is 3. The van der Waals surface area contributed by atoms with E-state index in [1.54, 1.807) is 30.3 Å². The Morgan fingerprint density at radius 3 is 2.21 bits per heavy atom. The minimum atomic E-state index is -0.249. The average molecular weight is 253 g/mol. The van der Waals surface area contributed by atoms with Crippen LogP contribution in [-0.2, 0) is 0 Å². The van der Waals surface area contributed by atoms with Crippen LogP contribution in [0.25, 0.3) is 21.9 Å². The smallest absolute Gasteiger partial charge is 0.133 e. The van der Waals surface area contributed by atoms with Crippen LogP contribution in [0.15, 0.2) is 48.5 Å². The lowest BCUT2D eigenvalue weighted by Gasteiger charge is -2.10. The Labute approximate surface area is 109 Å². The van der Waals surface area contributed by atoms with Crippen LogP contribution in [-0.4, -0.2) is 4.98 Å². The lowest BCUT2D eigenvalue weighted by Crippen LogP contribution is -1.98. The highest BCUT2D eigenvalue weighted by Crippen LogP contribution is 2.33. The van der Waals surface area contributed by atoms with E-state index in [-0.39, 0.29) is 5.82 Å². The minimum absolute atomic E-state index is 0.249. The standard InChI is InChI=1S/C15H12FN3/c16-13-7-5-10(9-3-1-2-4-11(9)13)12-6-8-14(17)19-15(12)18/h1-8H,(H4,17,18,19).